The molecule has 176 valence electrons. The molecule has 0 unspecified atom stereocenters. The van der Waals surface area contributed by atoms with Gasteiger partial charge >= 0.3 is 12.4 Å². The number of likely N-dealkylation sites (tertiary alicyclic amines) is 2. The Labute approximate surface area is 177 Å². The highest BCUT2D eigenvalue weighted by molar-refractivity contribution is 5.94. The lowest BCUT2D eigenvalue weighted by Crippen LogP contribution is -2.31. The summed E-state index contributed by atoms with van der Waals surface area (Å²) in [4.78, 5) is 25.3. The number of nitrogens with zero attached hydrogens (tertiary/aromatic N) is 2. The smallest absolute Gasteiger partial charge is 0.377 e. The lowest BCUT2D eigenvalue weighted by atomic mass is 9.87. The third-order valence-corrected chi connectivity index (χ3v) is 5.96. The number of hydrogen-bond donors (Lipinski definition) is 0. The maximum Gasteiger partial charge on any atom is 0.454 e. The van der Waals surface area contributed by atoms with E-state index in [1.54, 1.807) is 9.80 Å². The number of allylic oxidation sites excluding steroid dienone is 2. The van der Waals surface area contributed by atoms with Gasteiger partial charge < -0.3 is 9.80 Å². The molecule has 0 bridgehead atoms. The zero-order valence-corrected chi connectivity index (χ0v) is 17.2. The van der Waals surface area contributed by atoms with Crippen LogP contribution in [-0.4, -0.2) is 59.9 Å². The van der Waals surface area contributed by atoms with Crippen LogP contribution in [-0.2, 0) is 9.59 Å². The molecule has 2 fully saturated rings. The first-order chi connectivity index (χ1) is 14.4. The number of halogens is 6. The second-order valence-electron chi connectivity index (χ2n) is 8.25. The van der Waals surface area contributed by atoms with Gasteiger partial charge in [0.1, 0.15) is 0 Å². The maximum atomic E-state index is 12.2. The third-order valence-electron chi connectivity index (χ3n) is 5.96. The topological polar surface area (TPSA) is 40.6 Å². The van der Waals surface area contributed by atoms with Crippen LogP contribution < -0.4 is 0 Å². The Balaban J connectivity index is 1.59. The molecular formula is C21H28F6N2O2. The van der Waals surface area contributed by atoms with Gasteiger partial charge in [-0.25, -0.2) is 0 Å². The summed E-state index contributed by atoms with van der Waals surface area (Å²) >= 11 is 0. The molecule has 31 heavy (non-hydrogen) atoms. The zero-order chi connectivity index (χ0) is 23.1. The zero-order valence-electron chi connectivity index (χ0n) is 17.2. The first kappa shape index (κ1) is 25.3. The largest absolute Gasteiger partial charge is 0.454 e. The minimum absolute atomic E-state index is 0.513. The Morgan fingerprint density at radius 1 is 0.677 bits per heavy atom. The molecule has 0 aromatic heterocycles. The molecule has 0 spiro atoms. The van der Waals surface area contributed by atoms with E-state index in [-0.39, 0.29) is 0 Å². The highest BCUT2D eigenvalue weighted by Gasteiger charge is 2.37. The van der Waals surface area contributed by atoms with Gasteiger partial charge in [-0.15, -0.1) is 0 Å². The number of carbonyl (C=O) groups is 2. The van der Waals surface area contributed by atoms with E-state index in [2.05, 4.69) is 0 Å². The van der Waals surface area contributed by atoms with E-state index < -0.39 is 23.9 Å². The van der Waals surface area contributed by atoms with Crippen LogP contribution in [0.5, 0.6) is 0 Å². The van der Waals surface area contributed by atoms with Crippen molar-refractivity contribution in [2.24, 2.45) is 11.8 Å². The second-order valence-corrected chi connectivity index (χ2v) is 8.25. The van der Waals surface area contributed by atoms with Crippen molar-refractivity contribution in [3.63, 3.8) is 0 Å². The van der Waals surface area contributed by atoms with Gasteiger partial charge in [-0.05, 0) is 37.5 Å². The minimum Gasteiger partial charge on any atom is -0.377 e. The van der Waals surface area contributed by atoms with Gasteiger partial charge in [-0.2, -0.15) is 26.3 Å². The summed E-state index contributed by atoms with van der Waals surface area (Å²) in [5, 5.41) is 0. The van der Waals surface area contributed by atoms with Crippen molar-refractivity contribution < 1.29 is 35.9 Å². The Morgan fingerprint density at radius 2 is 1.00 bits per heavy atom. The maximum absolute atomic E-state index is 12.2. The molecule has 4 nitrogen and oxygen atoms in total. The Morgan fingerprint density at radius 3 is 1.29 bits per heavy atom. The Bertz CT molecular complexity index is 600. The molecule has 2 rings (SSSR count). The standard InChI is InChI=1S/C21H28F6N2O2/c22-20(23,24)18(30)8-14-28-10-4-16(5-11-28)2-1-3-17-6-12-29(13-7-17)15-9-19(31)21(25,26)27/h8-9,14-17H,1-7,10-13H2/b14-8+,15-9+. The molecule has 0 aromatic rings. The van der Waals surface area contributed by atoms with Crippen molar-refractivity contribution in [3.05, 3.63) is 24.6 Å². The molecule has 2 saturated heterocycles. The van der Waals surface area contributed by atoms with Crippen molar-refractivity contribution in [2.45, 2.75) is 57.3 Å². The molecular weight excluding hydrogens is 426 g/mol. The molecule has 0 saturated carbocycles. The molecule has 0 N–H and O–H groups in total. The lowest BCUT2D eigenvalue weighted by molar-refractivity contribution is -0.165. The SMILES string of the molecule is O=C(/C=C/N1CCC(CCCC2CCN(/C=C/C(=O)C(F)(F)F)CC2)CC1)C(F)(F)F. The minimum atomic E-state index is -4.83. The molecule has 0 radical (unpaired) electrons. The summed E-state index contributed by atoms with van der Waals surface area (Å²) in [7, 11) is 0. The van der Waals surface area contributed by atoms with E-state index in [4.69, 9.17) is 0 Å². The predicted molar refractivity (Wildman–Crippen MR) is 103 cm³/mol. The van der Waals surface area contributed by atoms with Crippen LogP contribution >= 0.6 is 0 Å². The monoisotopic (exact) mass is 454 g/mol. The summed E-state index contributed by atoms with van der Waals surface area (Å²) < 4.78 is 73.3. The fourth-order valence-electron chi connectivity index (χ4n) is 4.01. The highest BCUT2D eigenvalue weighted by atomic mass is 19.4. The number of alkyl halides is 6. The number of hydrogen-bond acceptors (Lipinski definition) is 4. The fourth-order valence-corrected chi connectivity index (χ4v) is 4.01. The normalized spacial score (nSPS) is 20.2. The highest BCUT2D eigenvalue weighted by Crippen LogP contribution is 2.28. The van der Waals surface area contributed by atoms with Gasteiger partial charge in [0.2, 0.25) is 0 Å². The molecule has 2 aliphatic heterocycles. The summed E-state index contributed by atoms with van der Waals surface area (Å²) in [6.07, 6.45) is 0.598. The van der Waals surface area contributed by atoms with Crippen molar-refractivity contribution >= 4 is 11.6 Å². The van der Waals surface area contributed by atoms with E-state index in [1.165, 1.54) is 12.4 Å². The number of piperidine rings is 2. The molecule has 0 aromatic carbocycles. The molecule has 2 heterocycles. The van der Waals surface area contributed by atoms with Crippen LogP contribution in [0.1, 0.15) is 44.9 Å². The number of ketones is 2. The van der Waals surface area contributed by atoms with Crippen LogP contribution in [0, 0.1) is 11.8 Å². The fraction of sp³-hybridized carbons (Fsp3) is 0.714. The van der Waals surface area contributed by atoms with Crippen molar-refractivity contribution in [3.8, 4) is 0 Å². The van der Waals surface area contributed by atoms with Crippen molar-refractivity contribution in [2.75, 3.05) is 26.2 Å². The average Bonchev–Trinajstić information content (AvgIpc) is 2.70. The van der Waals surface area contributed by atoms with Crippen LogP contribution in [0.2, 0.25) is 0 Å². The number of carbonyl (C=O) groups excluding carboxylic acids is 2. The van der Waals surface area contributed by atoms with Gasteiger partial charge in [0, 0.05) is 50.7 Å². The molecule has 2 aliphatic rings. The van der Waals surface area contributed by atoms with Gasteiger partial charge in [0.05, 0.1) is 0 Å². The van der Waals surface area contributed by atoms with Gasteiger partial charge in [-0.1, -0.05) is 19.3 Å². The van der Waals surface area contributed by atoms with Crippen molar-refractivity contribution in [1.82, 2.24) is 9.80 Å². The Kier molecular flexibility index (Phi) is 9.00. The van der Waals surface area contributed by atoms with Crippen LogP contribution in [0.4, 0.5) is 26.3 Å². The summed E-state index contributed by atoms with van der Waals surface area (Å²) in [6, 6.07) is 0. The average molecular weight is 454 g/mol. The quantitative estimate of drug-likeness (QED) is 0.388. The molecule has 10 heteroatoms. The van der Waals surface area contributed by atoms with E-state index in [0.717, 1.165) is 44.9 Å². The van der Waals surface area contributed by atoms with E-state index in [1.807, 2.05) is 0 Å². The first-order valence-electron chi connectivity index (χ1n) is 10.5. The predicted octanol–water partition coefficient (Wildman–Crippen LogP) is 4.87. The lowest BCUT2D eigenvalue weighted by Gasteiger charge is -2.33. The van der Waals surface area contributed by atoms with Crippen LogP contribution in [0.3, 0.4) is 0 Å². The number of rotatable bonds is 8. The first-order valence-corrected chi connectivity index (χ1v) is 10.5. The van der Waals surface area contributed by atoms with Crippen LogP contribution in [0.25, 0.3) is 0 Å². The molecule has 0 amide bonds. The summed E-state index contributed by atoms with van der Waals surface area (Å²) in [6.45, 7) is 2.53. The van der Waals surface area contributed by atoms with E-state index in [9.17, 15) is 35.9 Å². The Hall–Kier alpha value is -2.00. The van der Waals surface area contributed by atoms with Gasteiger partial charge in [0.15, 0.2) is 0 Å². The van der Waals surface area contributed by atoms with Gasteiger partial charge in [-0.3, -0.25) is 9.59 Å². The summed E-state index contributed by atoms with van der Waals surface area (Å²) in [5.41, 5.74) is 0. The van der Waals surface area contributed by atoms with Gasteiger partial charge in [0.25, 0.3) is 11.6 Å². The molecule has 0 aliphatic carbocycles. The second kappa shape index (κ2) is 11.0. The molecule has 0 atom stereocenters. The van der Waals surface area contributed by atoms with Crippen LogP contribution in [0.15, 0.2) is 24.6 Å². The third kappa shape index (κ3) is 8.95. The van der Waals surface area contributed by atoms with E-state index in [0.29, 0.717) is 50.2 Å². The van der Waals surface area contributed by atoms with E-state index >= 15 is 0 Å². The summed E-state index contributed by atoms with van der Waals surface area (Å²) in [5.74, 6) is -2.66. The van der Waals surface area contributed by atoms with Crippen molar-refractivity contribution in [1.29, 1.82) is 0 Å².